The zero-order chi connectivity index (χ0) is 16.2. The number of nitrogens with one attached hydrogen (secondary N) is 1. The average molecular weight is 306 g/mol. The largest absolute Gasteiger partial charge is 0.348 e. The minimum absolute atomic E-state index is 0.00850. The highest BCUT2D eigenvalue weighted by Gasteiger charge is 2.24. The van der Waals surface area contributed by atoms with Crippen molar-refractivity contribution >= 4 is 23.1 Å². The SMILES string of the molecule is C=Cn1c[n+]([C@@H](C)C(=O)NCc2ccccc2)c2ccccc21. The topological polar surface area (TPSA) is 37.9 Å². The number of nitrogens with zero attached hydrogens (tertiary/aromatic N) is 2. The third kappa shape index (κ3) is 3.01. The highest BCUT2D eigenvalue weighted by molar-refractivity contribution is 5.80. The Hall–Kier alpha value is -2.88. The van der Waals surface area contributed by atoms with Gasteiger partial charge in [0.2, 0.25) is 6.33 Å². The van der Waals surface area contributed by atoms with E-state index in [0.717, 1.165) is 16.6 Å². The van der Waals surface area contributed by atoms with Crippen molar-refractivity contribution in [1.82, 2.24) is 9.88 Å². The number of hydrogen-bond donors (Lipinski definition) is 1. The van der Waals surface area contributed by atoms with Crippen LogP contribution in [0.3, 0.4) is 0 Å². The van der Waals surface area contributed by atoms with Gasteiger partial charge in [0.25, 0.3) is 5.91 Å². The monoisotopic (exact) mass is 306 g/mol. The molecule has 1 amide bonds. The first kappa shape index (κ1) is 15.0. The molecule has 3 rings (SSSR count). The van der Waals surface area contributed by atoms with Crippen molar-refractivity contribution in [1.29, 1.82) is 0 Å². The number of fused-ring (bicyclic) bond motifs is 1. The predicted molar refractivity (Wildman–Crippen MR) is 91.5 cm³/mol. The summed E-state index contributed by atoms with van der Waals surface area (Å²) in [4.78, 5) is 12.5. The van der Waals surface area contributed by atoms with Crippen LogP contribution in [-0.4, -0.2) is 10.5 Å². The second-order valence-electron chi connectivity index (χ2n) is 5.48. The number of aromatic nitrogens is 2. The molecule has 1 heterocycles. The van der Waals surface area contributed by atoms with E-state index in [4.69, 9.17) is 0 Å². The van der Waals surface area contributed by atoms with Crippen LogP contribution >= 0.6 is 0 Å². The Morgan fingerprint density at radius 3 is 2.65 bits per heavy atom. The first-order valence-electron chi connectivity index (χ1n) is 7.65. The highest BCUT2D eigenvalue weighted by atomic mass is 16.2. The van der Waals surface area contributed by atoms with E-state index in [1.807, 2.05) is 77.0 Å². The molecule has 0 bridgehead atoms. The lowest BCUT2D eigenvalue weighted by molar-refractivity contribution is -0.681. The number of imidazole rings is 1. The van der Waals surface area contributed by atoms with E-state index in [1.54, 1.807) is 6.20 Å². The van der Waals surface area contributed by atoms with Gasteiger partial charge in [-0.3, -0.25) is 4.79 Å². The summed E-state index contributed by atoms with van der Waals surface area (Å²) < 4.78 is 3.90. The predicted octanol–water partition coefficient (Wildman–Crippen LogP) is 2.91. The summed E-state index contributed by atoms with van der Waals surface area (Å²) in [6.45, 7) is 6.26. The number of amides is 1. The van der Waals surface area contributed by atoms with Gasteiger partial charge in [-0.15, -0.1) is 0 Å². The summed E-state index contributed by atoms with van der Waals surface area (Å²) >= 11 is 0. The Labute approximate surface area is 135 Å². The number of carbonyl (C=O) groups is 1. The van der Waals surface area contributed by atoms with Gasteiger partial charge >= 0.3 is 0 Å². The van der Waals surface area contributed by atoms with Crippen LogP contribution in [0.4, 0.5) is 0 Å². The van der Waals surface area contributed by atoms with Gasteiger partial charge in [-0.1, -0.05) is 49.0 Å². The lowest BCUT2D eigenvalue weighted by atomic mass is 10.2. The molecule has 0 aliphatic rings. The second-order valence-corrected chi connectivity index (χ2v) is 5.48. The second kappa shape index (κ2) is 6.48. The Kier molecular flexibility index (Phi) is 4.24. The van der Waals surface area contributed by atoms with Gasteiger partial charge in [-0.2, -0.15) is 0 Å². The maximum atomic E-state index is 12.5. The standard InChI is InChI=1S/C19H19N3O/c1-3-21-14-22(18-12-8-7-11-17(18)21)15(2)19(23)20-13-16-9-5-4-6-10-16/h3-12,14-15H,1,13H2,2H3/p+1/t15-/m0/s1. The lowest BCUT2D eigenvalue weighted by Crippen LogP contribution is -2.46. The zero-order valence-corrected chi connectivity index (χ0v) is 13.1. The van der Waals surface area contributed by atoms with Crippen molar-refractivity contribution in [2.75, 3.05) is 0 Å². The van der Waals surface area contributed by atoms with E-state index >= 15 is 0 Å². The Balaban J connectivity index is 1.81. The Morgan fingerprint density at radius 2 is 1.91 bits per heavy atom. The summed E-state index contributed by atoms with van der Waals surface area (Å²) in [5.41, 5.74) is 3.13. The number of para-hydroxylation sites is 2. The molecular weight excluding hydrogens is 286 g/mol. The molecule has 0 saturated heterocycles. The van der Waals surface area contributed by atoms with Gasteiger partial charge in [0.1, 0.15) is 0 Å². The van der Waals surface area contributed by atoms with Gasteiger partial charge in [0, 0.05) is 6.54 Å². The minimum Gasteiger partial charge on any atom is -0.348 e. The smallest absolute Gasteiger partial charge is 0.265 e. The van der Waals surface area contributed by atoms with Gasteiger partial charge in [0.05, 0.1) is 6.20 Å². The molecule has 116 valence electrons. The number of carbonyl (C=O) groups excluding carboxylic acids is 1. The zero-order valence-electron chi connectivity index (χ0n) is 13.1. The van der Waals surface area contributed by atoms with E-state index < -0.39 is 0 Å². The van der Waals surface area contributed by atoms with Crippen LogP contribution in [0, 0.1) is 0 Å². The van der Waals surface area contributed by atoms with Crippen LogP contribution in [0.15, 0.2) is 67.5 Å². The summed E-state index contributed by atoms with van der Waals surface area (Å²) in [5.74, 6) is -0.00850. The van der Waals surface area contributed by atoms with E-state index in [9.17, 15) is 4.79 Å². The molecule has 1 N–H and O–H groups in total. The molecule has 1 atom stereocenters. The molecule has 0 fully saturated rings. The molecule has 0 radical (unpaired) electrons. The number of hydrogen-bond acceptors (Lipinski definition) is 1. The molecule has 4 nitrogen and oxygen atoms in total. The third-order valence-electron chi connectivity index (χ3n) is 3.99. The molecule has 3 aromatic rings. The van der Waals surface area contributed by atoms with Crippen molar-refractivity contribution in [2.45, 2.75) is 19.5 Å². The van der Waals surface area contributed by atoms with E-state index in [2.05, 4.69) is 11.9 Å². The van der Waals surface area contributed by atoms with E-state index in [-0.39, 0.29) is 11.9 Å². The number of benzene rings is 2. The van der Waals surface area contributed by atoms with Crippen molar-refractivity contribution in [3.63, 3.8) is 0 Å². The van der Waals surface area contributed by atoms with Gasteiger partial charge < -0.3 is 5.32 Å². The van der Waals surface area contributed by atoms with Crippen LogP contribution in [-0.2, 0) is 11.3 Å². The molecule has 0 aliphatic carbocycles. The van der Waals surface area contributed by atoms with Gasteiger partial charge in [0.15, 0.2) is 17.1 Å². The lowest BCUT2D eigenvalue weighted by Gasteiger charge is -2.10. The first-order valence-corrected chi connectivity index (χ1v) is 7.65. The fourth-order valence-corrected chi connectivity index (χ4v) is 2.67. The van der Waals surface area contributed by atoms with Crippen LogP contribution in [0.1, 0.15) is 18.5 Å². The summed E-state index contributed by atoms with van der Waals surface area (Å²) in [7, 11) is 0. The summed E-state index contributed by atoms with van der Waals surface area (Å²) in [6, 6.07) is 17.6. The Bertz CT molecular complexity index is 836. The van der Waals surface area contributed by atoms with Crippen LogP contribution in [0.5, 0.6) is 0 Å². The summed E-state index contributed by atoms with van der Waals surface area (Å²) in [6.07, 6.45) is 3.65. The van der Waals surface area contributed by atoms with Crippen LogP contribution in [0.25, 0.3) is 17.2 Å². The fourth-order valence-electron chi connectivity index (χ4n) is 2.67. The molecule has 1 aromatic heterocycles. The fraction of sp³-hybridized carbons (Fsp3) is 0.158. The highest BCUT2D eigenvalue weighted by Crippen LogP contribution is 2.13. The average Bonchev–Trinajstić information content (AvgIpc) is 2.98. The maximum Gasteiger partial charge on any atom is 0.265 e. The Morgan fingerprint density at radius 1 is 1.22 bits per heavy atom. The molecule has 0 spiro atoms. The van der Waals surface area contributed by atoms with Crippen molar-refractivity contribution in [3.8, 4) is 0 Å². The van der Waals surface area contributed by atoms with Gasteiger partial charge in [-0.05, 0) is 24.6 Å². The quantitative estimate of drug-likeness (QED) is 0.723. The first-order chi connectivity index (χ1) is 11.2. The molecule has 0 saturated carbocycles. The van der Waals surface area contributed by atoms with Crippen LogP contribution in [0.2, 0.25) is 0 Å². The third-order valence-corrected chi connectivity index (χ3v) is 3.99. The molecule has 4 heteroatoms. The van der Waals surface area contributed by atoms with Crippen LogP contribution < -0.4 is 9.88 Å². The van der Waals surface area contributed by atoms with Crippen molar-refractivity contribution < 1.29 is 9.36 Å². The minimum atomic E-state index is -0.301. The van der Waals surface area contributed by atoms with Crippen molar-refractivity contribution in [2.24, 2.45) is 0 Å². The van der Waals surface area contributed by atoms with Crippen molar-refractivity contribution in [3.05, 3.63) is 73.1 Å². The molecule has 0 aliphatic heterocycles. The summed E-state index contributed by atoms with van der Waals surface area (Å²) in [5, 5.41) is 2.99. The van der Waals surface area contributed by atoms with Gasteiger partial charge in [-0.25, -0.2) is 9.13 Å². The van der Waals surface area contributed by atoms with E-state index in [0.29, 0.717) is 6.54 Å². The molecule has 0 unspecified atom stereocenters. The molecule has 23 heavy (non-hydrogen) atoms. The molecular formula is C19H20N3O+. The maximum absolute atomic E-state index is 12.5. The molecule has 2 aromatic carbocycles. The van der Waals surface area contributed by atoms with E-state index in [1.165, 1.54) is 0 Å². The number of rotatable bonds is 5. The normalized spacial score (nSPS) is 12.0.